The fourth-order valence-electron chi connectivity index (χ4n) is 7.02. The molecule has 240 valence electrons. The van der Waals surface area contributed by atoms with Crippen molar-refractivity contribution in [1.82, 2.24) is 10.2 Å². The summed E-state index contributed by atoms with van der Waals surface area (Å²) in [4.78, 5) is 40.5. The molecule has 1 N–H and O–H groups in total. The molecule has 1 saturated heterocycles. The van der Waals surface area contributed by atoms with E-state index in [-0.39, 0.29) is 22.2 Å². The number of dihydropyridines is 1. The van der Waals surface area contributed by atoms with Crippen molar-refractivity contribution >= 4 is 17.6 Å². The van der Waals surface area contributed by atoms with E-state index in [0.717, 1.165) is 25.9 Å². The first-order valence-corrected chi connectivity index (χ1v) is 15.5. The highest BCUT2D eigenvalue weighted by Crippen LogP contribution is 2.43. The molecule has 2 aliphatic rings. The van der Waals surface area contributed by atoms with Crippen LogP contribution in [0.1, 0.15) is 63.1 Å². The Kier molecular flexibility index (Phi) is 9.44. The van der Waals surface area contributed by atoms with E-state index in [2.05, 4.69) is 58.7 Å². The Morgan fingerprint density at radius 3 is 1.96 bits per heavy atom. The second kappa shape index (κ2) is 13.3. The van der Waals surface area contributed by atoms with Crippen molar-refractivity contribution < 1.29 is 24.0 Å². The van der Waals surface area contributed by atoms with Gasteiger partial charge in [0.25, 0.3) is 5.69 Å². The summed E-state index contributed by atoms with van der Waals surface area (Å²) in [5.41, 5.74) is 3.34. The average molecular weight is 624 g/mol. The molecule has 1 fully saturated rings. The summed E-state index contributed by atoms with van der Waals surface area (Å²) in [5.74, 6) is -2.14. The van der Waals surface area contributed by atoms with E-state index in [9.17, 15) is 19.7 Å². The average Bonchev–Trinajstić information content (AvgIpc) is 3.05. The number of piperidine rings is 1. The van der Waals surface area contributed by atoms with Gasteiger partial charge in [-0.1, -0.05) is 72.8 Å². The Labute approximate surface area is 270 Å². The lowest BCUT2D eigenvalue weighted by Crippen LogP contribution is -2.49. The minimum Gasteiger partial charge on any atom is -0.466 e. The van der Waals surface area contributed by atoms with Crippen LogP contribution in [0.15, 0.2) is 107 Å². The highest BCUT2D eigenvalue weighted by molar-refractivity contribution is 6.00. The van der Waals surface area contributed by atoms with Crippen LogP contribution in [0.3, 0.4) is 0 Å². The van der Waals surface area contributed by atoms with Crippen molar-refractivity contribution in [1.29, 1.82) is 0 Å². The van der Waals surface area contributed by atoms with E-state index in [4.69, 9.17) is 9.47 Å². The molecule has 5 rings (SSSR count). The number of ether oxygens (including phenoxy) is 2. The van der Waals surface area contributed by atoms with Crippen molar-refractivity contribution in [3.8, 4) is 0 Å². The predicted molar refractivity (Wildman–Crippen MR) is 176 cm³/mol. The summed E-state index contributed by atoms with van der Waals surface area (Å²) in [6.45, 7) is 9.38. The molecule has 3 aromatic carbocycles. The number of nitro benzene ring substituents is 1. The summed E-state index contributed by atoms with van der Waals surface area (Å²) in [6.07, 6.45) is 1.83. The van der Waals surface area contributed by atoms with Crippen LogP contribution in [0.25, 0.3) is 0 Å². The lowest BCUT2D eigenvalue weighted by atomic mass is 9.68. The molecule has 3 aromatic rings. The summed E-state index contributed by atoms with van der Waals surface area (Å²) in [7, 11) is 1.27. The van der Waals surface area contributed by atoms with Crippen molar-refractivity contribution in [3.05, 3.63) is 134 Å². The van der Waals surface area contributed by atoms with Crippen LogP contribution in [-0.2, 0) is 24.5 Å². The molecule has 2 heterocycles. The predicted octanol–water partition coefficient (Wildman–Crippen LogP) is 6.41. The number of carbonyl (C=O) groups excluding carboxylic acids is 2. The minimum absolute atomic E-state index is 0.102. The lowest BCUT2D eigenvalue weighted by molar-refractivity contribution is -0.384. The van der Waals surface area contributed by atoms with E-state index in [1.807, 2.05) is 26.0 Å². The number of nitrogens with zero attached hydrogens (tertiary/aromatic N) is 2. The van der Waals surface area contributed by atoms with Gasteiger partial charge in [0.2, 0.25) is 0 Å². The maximum absolute atomic E-state index is 14.1. The highest BCUT2D eigenvalue weighted by Gasteiger charge is 2.42. The number of likely N-dealkylation sites (tertiary alicyclic amines) is 1. The zero-order valence-corrected chi connectivity index (χ0v) is 27.0. The lowest BCUT2D eigenvalue weighted by Gasteiger charge is -2.44. The number of rotatable bonds is 9. The van der Waals surface area contributed by atoms with Crippen molar-refractivity contribution in [2.45, 2.75) is 57.5 Å². The molecule has 1 atom stereocenters. The molecule has 0 bridgehead atoms. The summed E-state index contributed by atoms with van der Waals surface area (Å²) in [6, 6.07) is 27.3. The third kappa shape index (κ3) is 6.60. The van der Waals surface area contributed by atoms with Gasteiger partial charge < -0.3 is 14.8 Å². The van der Waals surface area contributed by atoms with Crippen LogP contribution < -0.4 is 5.32 Å². The Hall–Kier alpha value is -4.76. The second-order valence-electron chi connectivity index (χ2n) is 12.7. The number of allylic oxidation sites excluding steroid dienone is 2. The van der Waals surface area contributed by atoms with E-state index in [1.54, 1.807) is 26.0 Å². The third-order valence-electron chi connectivity index (χ3n) is 9.14. The van der Waals surface area contributed by atoms with Gasteiger partial charge in [0, 0.05) is 35.5 Å². The number of methoxy groups -OCH3 is 1. The minimum atomic E-state index is -0.913. The molecule has 46 heavy (non-hydrogen) atoms. The molecule has 0 spiro atoms. The quantitative estimate of drug-likeness (QED) is 0.166. The second-order valence-corrected chi connectivity index (χ2v) is 12.7. The van der Waals surface area contributed by atoms with E-state index in [1.165, 1.54) is 30.4 Å². The number of hydrogen-bond acceptors (Lipinski definition) is 8. The first-order chi connectivity index (χ1) is 22.0. The van der Waals surface area contributed by atoms with Crippen molar-refractivity contribution in [3.63, 3.8) is 0 Å². The fraction of sp³-hybridized carbons (Fsp3) is 0.351. The van der Waals surface area contributed by atoms with Crippen molar-refractivity contribution in [2.75, 3.05) is 26.7 Å². The Morgan fingerprint density at radius 2 is 1.43 bits per heavy atom. The number of nitrogens with one attached hydrogen (secondary N) is 1. The van der Waals surface area contributed by atoms with Gasteiger partial charge in [-0.05, 0) is 70.3 Å². The zero-order chi connectivity index (χ0) is 33.1. The van der Waals surface area contributed by atoms with E-state index in [0.29, 0.717) is 23.5 Å². The van der Waals surface area contributed by atoms with E-state index >= 15 is 0 Å². The van der Waals surface area contributed by atoms with Gasteiger partial charge in [0.15, 0.2) is 0 Å². The summed E-state index contributed by atoms with van der Waals surface area (Å²) >= 11 is 0. The van der Waals surface area contributed by atoms with Gasteiger partial charge in [-0.3, -0.25) is 15.0 Å². The summed E-state index contributed by atoms with van der Waals surface area (Å²) in [5, 5.41) is 14.7. The molecule has 0 amide bonds. The topological polar surface area (TPSA) is 111 Å². The Balaban J connectivity index is 1.37. The molecule has 0 aromatic heterocycles. The van der Waals surface area contributed by atoms with Crippen molar-refractivity contribution in [2.24, 2.45) is 0 Å². The molecular formula is C37H41N3O6. The number of non-ortho nitro benzene ring substituents is 1. The molecule has 0 aliphatic carbocycles. The van der Waals surface area contributed by atoms with Gasteiger partial charge in [0.1, 0.15) is 5.60 Å². The van der Waals surface area contributed by atoms with Crippen LogP contribution in [0.5, 0.6) is 0 Å². The standard InChI is InChI=1S/C37H41N3O6/c1-25-31(34(41)45-5)33(27-13-12-18-30(23-27)40(43)44)32(26(2)38-25)35(42)46-36(3,4)24-39-21-19-37(20-22-39,28-14-8-6-9-15-28)29-16-10-7-11-17-29/h6-18,23,33,38H,19-22,24H2,1-5H3. The van der Waals surface area contributed by atoms with Gasteiger partial charge in [-0.2, -0.15) is 0 Å². The van der Waals surface area contributed by atoms with Crippen LogP contribution in [0, 0.1) is 10.1 Å². The molecule has 9 nitrogen and oxygen atoms in total. The molecule has 9 heteroatoms. The summed E-state index contributed by atoms with van der Waals surface area (Å²) < 4.78 is 11.3. The monoisotopic (exact) mass is 623 g/mol. The van der Waals surface area contributed by atoms with Gasteiger partial charge in [-0.15, -0.1) is 0 Å². The maximum Gasteiger partial charge on any atom is 0.337 e. The third-order valence-corrected chi connectivity index (χ3v) is 9.14. The number of esters is 2. The van der Waals surface area contributed by atoms with E-state index < -0.39 is 28.4 Å². The van der Waals surface area contributed by atoms with Gasteiger partial charge in [-0.25, -0.2) is 9.59 Å². The molecule has 1 unspecified atom stereocenters. The van der Waals surface area contributed by atoms with Crippen LogP contribution in [0.2, 0.25) is 0 Å². The highest BCUT2D eigenvalue weighted by atomic mass is 16.6. The first kappa shape index (κ1) is 32.6. The SMILES string of the molecule is COC(=O)C1=C(C)NC(C)=C(C(=O)OC(C)(C)CN2CCC(c3ccccc3)(c3ccccc3)CC2)C1c1cccc([N+](=O)[O-])c1. The molecule has 0 saturated carbocycles. The molecule has 0 radical (unpaired) electrons. The zero-order valence-electron chi connectivity index (χ0n) is 27.0. The van der Waals surface area contributed by atoms with Crippen LogP contribution >= 0.6 is 0 Å². The number of carbonyl (C=O) groups is 2. The number of nitro groups is 1. The molecular weight excluding hydrogens is 582 g/mol. The molecule has 2 aliphatic heterocycles. The van der Waals surface area contributed by atoms with Crippen LogP contribution in [0.4, 0.5) is 5.69 Å². The first-order valence-electron chi connectivity index (χ1n) is 15.5. The Morgan fingerprint density at radius 1 is 0.891 bits per heavy atom. The Bertz CT molecular complexity index is 1630. The fourth-order valence-corrected chi connectivity index (χ4v) is 7.02. The van der Waals surface area contributed by atoms with Gasteiger partial charge >= 0.3 is 11.9 Å². The van der Waals surface area contributed by atoms with Crippen LogP contribution in [-0.4, -0.2) is 54.1 Å². The smallest absolute Gasteiger partial charge is 0.337 e. The van der Waals surface area contributed by atoms with Gasteiger partial charge in [0.05, 0.1) is 29.1 Å². The number of hydrogen-bond donors (Lipinski definition) is 1. The number of benzene rings is 3. The largest absolute Gasteiger partial charge is 0.466 e. The maximum atomic E-state index is 14.1. The normalized spacial score (nSPS) is 18.5.